The van der Waals surface area contributed by atoms with Crippen LogP contribution < -0.4 is 9.62 Å². The Labute approximate surface area is 217 Å². The zero-order valence-corrected chi connectivity index (χ0v) is 22.1. The summed E-state index contributed by atoms with van der Waals surface area (Å²) in [4.78, 5) is 28.1. The van der Waals surface area contributed by atoms with E-state index in [9.17, 15) is 26.8 Å². The van der Waals surface area contributed by atoms with Crippen molar-refractivity contribution in [1.29, 1.82) is 0 Å². The standard InChI is InChI=1S/C27H35F2N3O4S/c1-3-24(27(34)30-22-9-4-5-10-22)31(19-20-14-16-21(28)17-15-20)26(33)13-8-18-32(37(2,35)36)25-12-7-6-11-23(25)29/h6-7,11-12,14-17,22,24H,3-5,8-10,13,18-19H2,1-2H3,(H,30,34). The minimum absolute atomic E-state index is 0.0468. The lowest BCUT2D eigenvalue weighted by molar-refractivity contribution is -0.141. The van der Waals surface area contributed by atoms with E-state index in [2.05, 4.69) is 5.32 Å². The van der Waals surface area contributed by atoms with E-state index in [1.807, 2.05) is 6.92 Å². The lowest BCUT2D eigenvalue weighted by atomic mass is 10.1. The number of carbonyl (C=O) groups excluding carboxylic acids is 2. The predicted molar refractivity (Wildman–Crippen MR) is 139 cm³/mol. The van der Waals surface area contributed by atoms with Gasteiger partial charge in [-0.15, -0.1) is 0 Å². The highest BCUT2D eigenvalue weighted by Crippen LogP contribution is 2.23. The van der Waals surface area contributed by atoms with Crippen molar-refractivity contribution in [3.05, 3.63) is 65.7 Å². The monoisotopic (exact) mass is 535 g/mol. The molecule has 1 N–H and O–H groups in total. The smallest absolute Gasteiger partial charge is 0.243 e. The third-order valence-electron chi connectivity index (χ3n) is 6.63. The van der Waals surface area contributed by atoms with Crippen molar-refractivity contribution in [1.82, 2.24) is 10.2 Å². The molecule has 37 heavy (non-hydrogen) atoms. The molecule has 0 spiro atoms. The highest BCUT2D eigenvalue weighted by Gasteiger charge is 2.31. The molecule has 7 nitrogen and oxygen atoms in total. The molecule has 0 heterocycles. The molecule has 3 rings (SSSR count). The summed E-state index contributed by atoms with van der Waals surface area (Å²) in [5.74, 6) is -1.64. The van der Waals surface area contributed by atoms with Gasteiger partial charge in [0, 0.05) is 25.6 Å². The van der Waals surface area contributed by atoms with Crippen LogP contribution in [0, 0.1) is 11.6 Å². The summed E-state index contributed by atoms with van der Waals surface area (Å²) in [6, 6.07) is 10.7. The average Bonchev–Trinajstić information content (AvgIpc) is 3.36. The molecule has 202 valence electrons. The van der Waals surface area contributed by atoms with E-state index in [1.54, 1.807) is 18.2 Å². The van der Waals surface area contributed by atoms with Gasteiger partial charge in [-0.2, -0.15) is 0 Å². The maximum atomic E-state index is 14.3. The predicted octanol–water partition coefficient (Wildman–Crippen LogP) is 4.38. The third kappa shape index (κ3) is 7.99. The molecule has 2 aromatic carbocycles. The van der Waals surface area contributed by atoms with Crippen LogP contribution in [0.25, 0.3) is 0 Å². The van der Waals surface area contributed by atoms with Gasteiger partial charge in [-0.05, 0) is 55.5 Å². The molecule has 0 aliphatic heterocycles. The first-order valence-electron chi connectivity index (χ1n) is 12.7. The number of hydrogen-bond donors (Lipinski definition) is 1. The molecule has 1 fully saturated rings. The van der Waals surface area contributed by atoms with Gasteiger partial charge in [0.15, 0.2) is 0 Å². The van der Waals surface area contributed by atoms with Crippen LogP contribution in [0.2, 0.25) is 0 Å². The van der Waals surface area contributed by atoms with Crippen LogP contribution in [0.15, 0.2) is 48.5 Å². The quantitative estimate of drug-likeness (QED) is 0.437. The second kappa shape index (κ2) is 13.0. The fourth-order valence-corrected chi connectivity index (χ4v) is 5.68. The zero-order valence-electron chi connectivity index (χ0n) is 21.3. The Bertz CT molecular complexity index is 1170. The molecule has 0 radical (unpaired) electrons. The number of sulfonamides is 1. The number of carbonyl (C=O) groups is 2. The number of para-hydroxylation sites is 1. The molecule has 1 unspecified atom stereocenters. The summed E-state index contributed by atoms with van der Waals surface area (Å²) in [5.41, 5.74) is 0.592. The van der Waals surface area contributed by atoms with Gasteiger partial charge in [0.2, 0.25) is 21.8 Å². The van der Waals surface area contributed by atoms with Crippen molar-refractivity contribution in [2.75, 3.05) is 17.1 Å². The van der Waals surface area contributed by atoms with Crippen LogP contribution in [0.3, 0.4) is 0 Å². The lowest BCUT2D eigenvalue weighted by Gasteiger charge is -2.32. The van der Waals surface area contributed by atoms with Crippen LogP contribution in [-0.2, 0) is 26.2 Å². The topological polar surface area (TPSA) is 86.8 Å². The molecule has 0 bridgehead atoms. The SMILES string of the molecule is CCC(C(=O)NC1CCCC1)N(Cc1ccc(F)cc1)C(=O)CCCN(c1ccccc1F)S(C)(=O)=O. The van der Waals surface area contributed by atoms with Gasteiger partial charge in [-0.1, -0.05) is 44.0 Å². The maximum Gasteiger partial charge on any atom is 0.243 e. The normalized spacial score (nSPS) is 14.8. The van der Waals surface area contributed by atoms with Crippen LogP contribution in [0.5, 0.6) is 0 Å². The van der Waals surface area contributed by atoms with E-state index in [4.69, 9.17) is 0 Å². The van der Waals surface area contributed by atoms with Crippen LogP contribution in [0.1, 0.15) is 57.4 Å². The van der Waals surface area contributed by atoms with E-state index in [0.717, 1.165) is 36.2 Å². The van der Waals surface area contributed by atoms with Gasteiger partial charge in [-0.3, -0.25) is 13.9 Å². The van der Waals surface area contributed by atoms with Crippen molar-refractivity contribution in [3.63, 3.8) is 0 Å². The Kier molecular flexibility index (Phi) is 10.0. The molecular weight excluding hydrogens is 500 g/mol. The number of amides is 2. The molecule has 0 saturated heterocycles. The summed E-state index contributed by atoms with van der Waals surface area (Å²) >= 11 is 0. The van der Waals surface area contributed by atoms with Crippen molar-refractivity contribution in [3.8, 4) is 0 Å². The summed E-state index contributed by atoms with van der Waals surface area (Å²) in [6.07, 6.45) is 5.38. The minimum atomic E-state index is -3.79. The second-order valence-corrected chi connectivity index (χ2v) is 11.4. The Balaban J connectivity index is 1.76. The molecule has 1 aliphatic carbocycles. The molecule has 1 saturated carbocycles. The molecule has 10 heteroatoms. The minimum Gasteiger partial charge on any atom is -0.352 e. The highest BCUT2D eigenvalue weighted by atomic mass is 32.2. The Morgan fingerprint density at radius 1 is 1.05 bits per heavy atom. The van der Waals surface area contributed by atoms with Crippen molar-refractivity contribution >= 4 is 27.5 Å². The van der Waals surface area contributed by atoms with Gasteiger partial charge in [-0.25, -0.2) is 17.2 Å². The van der Waals surface area contributed by atoms with Gasteiger partial charge in [0.25, 0.3) is 0 Å². The first kappa shape index (κ1) is 28.6. The number of benzene rings is 2. The molecule has 2 amide bonds. The number of nitrogens with one attached hydrogen (secondary N) is 1. The first-order valence-corrected chi connectivity index (χ1v) is 14.5. The van der Waals surface area contributed by atoms with Gasteiger partial charge in [0.05, 0.1) is 11.9 Å². The van der Waals surface area contributed by atoms with E-state index < -0.39 is 27.7 Å². The zero-order chi connectivity index (χ0) is 27.0. The molecule has 1 atom stereocenters. The summed E-state index contributed by atoms with van der Waals surface area (Å²) in [7, 11) is -3.79. The Morgan fingerprint density at radius 3 is 2.30 bits per heavy atom. The van der Waals surface area contributed by atoms with Gasteiger partial charge < -0.3 is 10.2 Å². The largest absolute Gasteiger partial charge is 0.352 e. The van der Waals surface area contributed by atoms with Gasteiger partial charge in [0.1, 0.15) is 17.7 Å². The number of anilines is 1. The lowest BCUT2D eigenvalue weighted by Crippen LogP contribution is -2.51. The highest BCUT2D eigenvalue weighted by molar-refractivity contribution is 7.92. The first-order chi connectivity index (χ1) is 17.6. The number of nitrogens with zero attached hydrogens (tertiary/aromatic N) is 2. The fourth-order valence-electron chi connectivity index (χ4n) is 4.71. The van der Waals surface area contributed by atoms with Crippen LogP contribution in [-0.4, -0.2) is 50.0 Å². The van der Waals surface area contributed by atoms with Gasteiger partial charge >= 0.3 is 0 Å². The third-order valence-corrected chi connectivity index (χ3v) is 7.81. The summed E-state index contributed by atoms with van der Waals surface area (Å²) in [5, 5.41) is 3.06. The van der Waals surface area contributed by atoms with E-state index >= 15 is 0 Å². The molecule has 1 aliphatic rings. The average molecular weight is 536 g/mol. The second-order valence-electron chi connectivity index (χ2n) is 9.45. The number of rotatable bonds is 12. The van der Waals surface area contributed by atoms with Crippen LogP contribution in [0.4, 0.5) is 14.5 Å². The van der Waals surface area contributed by atoms with E-state index in [1.165, 1.54) is 35.2 Å². The Hall–Kier alpha value is -3.01. The van der Waals surface area contributed by atoms with Crippen molar-refractivity contribution < 1.29 is 26.8 Å². The fraction of sp³-hybridized carbons (Fsp3) is 0.481. The van der Waals surface area contributed by atoms with Crippen molar-refractivity contribution in [2.45, 2.75) is 70.5 Å². The van der Waals surface area contributed by atoms with E-state index in [0.29, 0.717) is 12.0 Å². The number of halogens is 2. The van der Waals surface area contributed by atoms with E-state index in [-0.39, 0.29) is 49.5 Å². The summed E-state index contributed by atoms with van der Waals surface area (Å²) < 4.78 is 53.4. The maximum absolute atomic E-state index is 14.3. The van der Waals surface area contributed by atoms with Crippen molar-refractivity contribution in [2.24, 2.45) is 0 Å². The summed E-state index contributed by atoms with van der Waals surface area (Å²) in [6.45, 7) is 1.84. The van der Waals surface area contributed by atoms with Crippen LogP contribution >= 0.6 is 0 Å². The number of hydrogen-bond acceptors (Lipinski definition) is 4. The molecule has 0 aromatic heterocycles. The molecular formula is C27H35F2N3O4S. The Morgan fingerprint density at radius 2 is 1.70 bits per heavy atom. The molecule has 2 aromatic rings.